The van der Waals surface area contributed by atoms with Gasteiger partial charge in [0.15, 0.2) is 0 Å². The number of carbonyl (C=O) groups is 1. The Morgan fingerprint density at radius 2 is 2.11 bits per heavy atom. The Bertz CT molecular complexity index is 943. The first-order valence-electron chi connectivity index (χ1n) is 8.08. The number of benzene rings is 1. The first kappa shape index (κ1) is 18.5. The lowest BCUT2D eigenvalue weighted by atomic mass is 10.1. The van der Waals surface area contributed by atoms with Crippen molar-refractivity contribution in [1.29, 1.82) is 0 Å². The number of nitrogens with zero attached hydrogens (tertiary/aromatic N) is 3. The predicted octanol–water partition coefficient (Wildman–Crippen LogP) is 3.23. The third-order valence-electron chi connectivity index (χ3n) is 3.72. The van der Waals surface area contributed by atoms with E-state index in [9.17, 15) is 14.9 Å². The van der Waals surface area contributed by atoms with E-state index in [2.05, 4.69) is 15.5 Å². The number of thiophene rings is 1. The summed E-state index contributed by atoms with van der Waals surface area (Å²) < 4.78 is 5.45. The highest BCUT2D eigenvalue weighted by Gasteiger charge is 2.14. The smallest absolute Gasteiger partial charge is 0.273 e. The summed E-state index contributed by atoms with van der Waals surface area (Å²) in [7, 11) is 0. The maximum absolute atomic E-state index is 12.1. The molecule has 138 valence electrons. The van der Waals surface area contributed by atoms with Gasteiger partial charge >= 0.3 is 0 Å². The molecule has 0 unspecified atom stereocenters. The molecule has 9 heteroatoms. The lowest BCUT2D eigenvalue weighted by Crippen LogP contribution is -2.28. The summed E-state index contributed by atoms with van der Waals surface area (Å²) in [5.74, 6) is -0.0450. The van der Waals surface area contributed by atoms with Gasteiger partial charge in [-0.25, -0.2) is 0 Å². The summed E-state index contributed by atoms with van der Waals surface area (Å²) in [4.78, 5) is 23.6. The molecule has 27 heavy (non-hydrogen) atoms. The van der Waals surface area contributed by atoms with Crippen molar-refractivity contribution in [1.82, 2.24) is 15.5 Å². The molecule has 8 nitrogen and oxygen atoms in total. The van der Waals surface area contributed by atoms with E-state index in [1.165, 1.54) is 6.07 Å². The minimum Gasteiger partial charge on any atom is -0.475 e. The van der Waals surface area contributed by atoms with Crippen molar-refractivity contribution in [3.8, 4) is 16.5 Å². The second kappa shape index (κ2) is 8.37. The number of nitro groups is 1. The molecule has 0 atom stereocenters. The van der Waals surface area contributed by atoms with Gasteiger partial charge in [0.1, 0.15) is 12.3 Å². The molecule has 0 saturated heterocycles. The van der Waals surface area contributed by atoms with Crippen LogP contribution < -0.4 is 10.1 Å². The van der Waals surface area contributed by atoms with Crippen molar-refractivity contribution in [3.05, 3.63) is 69.1 Å². The lowest BCUT2D eigenvalue weighted by Gasteiger charge is -2.07. The van der Waals surface area contributed by atoms with Crippen LogP contribution >= 0.6 is 11.3 Å². The van der Waals surface area contributed by atoms with Gasteiger partial charge in [0.25, 0.3) is 11.6 Å². The van der Waals surface area contributed by atoms with Crippen molar-refractivity contribution < 1.29 is 14.5 Å². The van der Waals surface area contributed by atoms with Crippen LogP contribution in [-0.2, 0) is 0 Å². The van der Waals surface area contributed by atoms with Gasteiger partial charge in [0, 0.05) is 23.3 Å². The monoisotopic (exact) mass is 384 g/mol. The number of ether oxygens (including phenoxy) is 1. The van der Waals surface area contributed by atoms with E-state index in [4.69, 9.17) is 4.74 Å². The van der Waals surface area contributed by atoms with Crippen LogP contribution in [0.25, 0.3) is 10.6 Å². The highest BCUT2D eigenvalue weighted by Crippen LogP contribution is 2.22. The summed E-state index contributed by atoms with van der Waals surface area (Å²) in [6.07, 6.45) is 0. The lowest BCUT2D eigenvalue weighted by molar-refractivity contribution is -0.385. The Kier molecular flexibility index (Phi) is 5.72. The molecule has 1 amide bonds. The molecule has 2 aromatic heterocycles. The van der Waals surface area contributed by atoms with Gasteiger partial charge < -0.3 is 10.1 Å². The Morgan fingerprint density at radius 3 is 2.78 bits per heavy atom. The standard InChI is InChI=1S/C18H16N4O4S/c1-12-4-5-13(11-15(12)22(24)25)18(23)19-8-9-26-17-7-6-14(20-21-17)16-3-2-10-27-16/h2-7,10-11H,8-9H2,1H3,(H,19,23). The Balaban J connectivity index is 1.49. The number of aromatic nitrogens is 2. The molecular weight excluding hydrogens is 368 g/mol. The van der Waals surface area contributed by atoms with Crippen LogP contribution in [0.2, 0.25) is 0 Å². The molecule has 3 aromatic rings. The molecule has 1 N–H and O–H groups in total. The quantitative estimate of drug-likeness (QED) is 0.381. The molecule has 0 saturated carbocycles. The molecule has 1 aromatic carbocycles. The van der Waals surface area contributed by atoms with E-state index in [0.717, 1.165) is 10.6 Å². The van der Waals surface area contributed by atoms with Gasteiger partial charge in [0.05, 0.1) is 16.3 Å². The maximum atomic E-state index is 12.1. The Labute approximate surface area is 159 Å². The van der Waals surface area contributed by atoms with E-state index in [0.29, 0.717) is 11.4 Å². The van der Waals surface area contributed by atoms with Crippen LogP contribution in [0.5, 0.6) is 5.88 Å². The van der Waals surface area contributed by atoms with Gasteiger partial charge in [-0.3, -0.25) is 14.9 Å². The van der Waals surface area contributed by atoms with E-state index >= 15 is 0 Å². The van der Waals surface area contributed by atoms with Gasteiger partial charge in [-0.05, 0) is 30.5 Å². The Morgan fingerprint density at radius 1 is 1.26 bits per heavy atom. The van der Waals surface area contributed by atoms with Crippen molar-refractivity contribution >= 4 is 22.9 Å². The van der Waals surface area contributed by atoms with Gasteiger partial charge in [-0.15, -0.1) is 21.5 Å². The topological polar surface area (TPSA) is 107 Å². The van der Waals surface area contributed by atoms with Gasteiger partial charge in [-0.2, -0.15) is 0 Å². The van der Waals surface area contributed by atoms with Crippen LogP contribution in [0.4, 0.5) is 5.69 Å². The van der Waals surface area contributed by atoms with Crippen molar-refractivity contribution in [2.45, 2.75) is 6.92 Å². The molecule has 0 spiro atoms. The number of nitro benzene ring substituents is 1. The SMILES string of the molecule is Cc1ccc(C(=O)NCCOc2ccc(-c3cccs3)nn2)cc1[N+](=O)[O-]. The van der Waals surface area contributed by atoms with Crippen LogP contribution in [-0.4, -0.2) is 34.2 Å². The Hall–Kier alpha value is -3.33. The highest BCUT2D eigenvalue weighted by atomic mass is 32.1. The normalized spacial score (nSPS) is 10.4. The molecule has 0 radical (unpaired) electrons. The number of amides is 1. The van der Waals surface area contributed by atoms with E-state index in [1.54, 1.807) is 36.5 Å². The molecule has 0 fully saturated rings. The minimum atomic E-state index is -0.506. The minimum absolute atomic E-state index is 0.0833. The average molecular weight is 384 g/mol. The molecule has 0 aliphatic carbocycles. The second-order valence-corrected chi connectivity index (χ2v) is 6.54. The van der Waals surface area contributed by atoms with Crippen molar-refractivity contribution in [2.75, 3.05) is 13.2 Å². The molecular formula is C18H16N4O4S. The summed E-state index contributed by atoms with van der Waals surface area (Å²) in [5, 5.41) is 23.7. The molecule has 3 rings (SSSR count). The fourth-order valence-electron chi connectivity index (χ4n) is 2.32. The zero-order valence-corrected chi connectivity index (χ0v) is 15.2. The molecule has 0 aliphatic rings. The second-order valence-electron chi connectivity index (χ2n) is 5.60. The summed E-state index contributed by atoms with van der Waals surface area (Å²) in [5.41, 5.74) is 1.42. The third kappa shape index (κ3) is 4.64. The zero-order valence-electron chi connectivity index (χ0n) is 14.4. The van der Waals surface area contributed by atoms with Gasteiger partial charge in [-0.1, -0.05) is 12.1 Å². The summed E-state index contributed by atoms with van der Waals surface area (Å²) >= 11 is 1.58. The summed E-state index contributed by atoms with van der Waals surface area (Å²) in [6, 6.07) is 11.8. The maximum Gasteiger partial charge on any atom is 0.273 e. The largest absolute Gasteiger partial charge is 0.475 e. The third-order valence-corrected chi connectivity index (χ3v) is 4.61. The van der Waals surface area contributed by atoms with Gasteiger partial charge in [0.2, 0.25) is 5.88 Å². The number of aryl methyl sites for hydroxylation is 1. The van der Waals surface area contributed by atoms with E-state index in [-0.39, 0.29) is 24.4 Å². The van der Waals surface area contributed by atoms with Crippen LogP contribution in [0.15, 0.2) is 47.8 Å². The van der Waals surface area contributed by atoms with Crippen molar-refractivity contribution in [3.63, 3.8) is 0 Å². The summed E-state index contributed by atoms with van der Waals surface area (Å²) in [6.45, 7) is 2.06. The molecule has 0 aliphatic heterocycles. The molecule has 0 bridgehead atoms. The number of hydrogen-bond donors (Lipinski definition) is 1. The first-order chi connectivity index (χ1) is 13.0. The highest BCUT2D eigenvalue weighted by molar-refractivity contribution is 7.13. The first-order valence-corrected chi connectivity index (χ1v) is 8.96. The van der Waals surface area contributed by atoms with Crippen LogP contribution in [0.3, 0.4) is 0 Å². The van der Waals surface area contributed by atoms with Crippen LogP contribution in [0.1, 0.15) is 15.9 Å². The van der Waals surface area contributed by atoms with E-state index < -0.39 is 10.8 Å². The number of nitrogens with one attached hydrogen (secondary N) is 1. The predicted molar refractivity (Wildman–Crippen MR) is 101 cm³/mol. The number of carbonyl (C=O) groups excluding carboxylic acids is 1. The van der Waals surface area contributed by atoms with E-state index in [1.807, 2.05) is 23.6 Å². The van der Waals surface area contributed by atoms with Crippen LogP contribution in [0, 0.1) is 17.0 Å². The van der Waals surface area contributed by atoms with Crippen molar-refractivity contribution in [2.24, 2.45) is 0 Å². The fourth-order valence-corrected chi connectivity index (χ4v) is 3.01. The fraction of sp³-hybridized carbons (Fsp3) is 0.167. The average Bonchev–Trinajstić information content (AvgIpc) is 3.20. The zero-order chi connectivity index (χ0) is 19.2. The number of hydrogen-bond acceptors (Lipinski definition) is 7. The molecule has 2 heterocycles. The number of rotatable bonds is 7.